The van der Waals surface area contributed by atoms with Crippen LogP contribution < -0.4 is 5.62 Å². The van der Waals surface area contributed by atoms with Gasteiger partial charge in [-0.15, -0.1) is 14.9 Å². The number of non-ortho nitro benzene ring substituents is 1. The van der Waals surface area contributed by atoms with E-state index in [4.69, 9.17) is 5.41 Å². The van der Waals surface area contributed by atoms with Crippen molar-refractivity contribution in [3.05, 3.63) is 33.9 Å². The van der Waals surface area contributed by atoms with Gasteiger partial charge in [-0.2, -0.15) is 0 Å². The van der Waals surface area contributed by atoms with Crippen LogP contribution in [0.4, 0.5) is 5.69 Å². The number of nitro benzene ring substituents is 1. The van der Waals surface area contributed by atoms with Crippen LogP contribution in [0, 0.1) is 15.5 Å². The fourth-order valence-electron chi connectivity index (χ4n) is 1.14. The van der Waals surface area contributed by atoms with Gasteiger partial charge in [0, 0.05) is 12.1 Å². The number of rotatable bonds is 1. The highest BCUT2D eigenvalue weighted by Crippen LogP contribution is 2.16. The first kappa shape index (κ1) is 9.06. The maximum atomic E-state index is 10.4. The molecule has 0 spiro atoms. The van der Waals surface area contributed by atoms with Crippen molar-refractivity contribution in [1.82, 2.24) is 14.9 Å². The molecule has 0 aliphatic rings. The number of fused-ring (bicyclic) bond motifs is 1. The standard InChI is InChI=1S/C7H5N5O3/c8-7-10-9-5-3-4(12(14)15)1-2-6(5)11(7)13/h1-3,8,13H. The summed E-state index contributed by atoms with van der Waals surface area (Å²) in [5.74, 6) is 0. The number of hydrogen-bond donors (Lipinski definition) is 2. The van der Waals surface area contributed by atoms with Gasteiger partial charge < -0.3 is 5.21 Å². The second kappa shape index (κ2) is 3.01. The van der Waals surface area contributed by atoms with Crippen LogP contribution in [0.1, 0.15) is 0 Å². The van der Waals surface area contributed by atoms with Crippen molar-refractivity contribution in [3.8, 4) is 0 Å². The summed E-state index contributed by atoms with van der Waals surface area (Å²) in [4.78, 5) is 9.88. The Bertz CT molecular complexity index is 605. The number of nitrogens with one attached hydrogen (secondary N) is 1. The first-order valence-corrected chi connectivity index (χ1v) is 3.87. The molecule has 0 atom stereocenters. The van der Waals surface area contributed by atoms with Gasteiger partial charge in [0.15, 0.2) is 0 Å². The molecule has 1 heterocycles. The minimum Gasteiger partial charge on any atom is -0.425 e. The molecule has 0 saturated carbocycles. The number of benzene rings is 1. The third-order valence-corrected chi connectivity index (χ3v) is 1.85. The van der Waals surface area contributed by atoms with Crippen LogP contribution in [0.3, 0.4) is 0 Å². The number of nitrogens with zero attached hydrogens (tertiary/aromatic N) is 4. The highest BCUT2D eigenvalue weighted by Gasteiger charge is 2.09. The van der Waals surface area contributed by atoms with E-state index in [0.717, 1.165) is 0 Å². The Morgan fingerprint density at radius 2 is 2.20 bits per heavy atom. The second-order valence-corrected chi connectivity index (χ2v) is 2.77. The smallest absolute Gasteiger partial charge is 0.275 e. The Morgan fingerprint density at radius 3 is 2.87 bits per heavy atom. The Kier molecular flexibility index (Phi) is 1.82. The fraction of sp³-hybridized carbons (Fsp3) is 0. The minimum atomic E-state index is -0.572. The minimum absolute atomic E-state index is 0.144. The van der Waals surface area contributed by atoms with Crippen LogP contribution in [0.15, 0.2) is 18.2 Å². The average Bonchev–Trinajstić information content (AvgIpc) is 2.23. The lowest BCUT2D eigenvalue weighted by molar-refractivity contribution is -0.384. The molecule has 0 bridgehead atoms. The molecule has 8 nitrogen and oxygen atoms in total. The topological polar surface area (TPSA) is 118 Å². The Labute approximate surface area is 82.0 Å². The van der Waals surface area contributed by atoms with Crippen LogP contribution in [0.25, 0.3) is 11.0 Å². The van der Waals surface area contributed by atoms with Gasteiger partial charge in [0.05, 0.1) is 4.92 Å². The largest absolute Gasteiger partial charge is 0.425 e. The van der Waals surface area contributed by atoms with E-state index in [9.17, 15) is 15.3 Å². The van der Waals surface area contributed by atoms with Crippen LogP contribution in [0.5, 0.6) is 0 Å². The summed E-state index contributed by atoms with van der Waals surface area (Å²) in [5.41, 5.74) is -0.228. The number of aromatic nitrogens is 3. The van der Waals surface area contributed by atoms with Crippen LogP contribution in [0.2, 0.25) is 0 Å². The maximum absolute atomic E-state index is 10.4. The van der Waals surface area contributed by atoms with E-state index in [2.05, 4.69) is 10.2 Å². The number of hydrogen-bond acceptors (Lipinski definition) is 6. The van der Waals surface area contributed by atoms with Gasteiger partial charge in [-0.05, 0) is 6.07 Å². The molecule has 0 aliphatic heterocycles. The van der Waals surface area contributed by atoms with Crippen molar-refractivity contribution in [1.29, 1.82) is 5.41 Å². The van der Waals surface area contributed by atoms with E-state index in [0.29, 0.717) is 4.73 Å². The average molecular weight is 207 g/mol. The molecular formula is C7H5N5O3. The zero-order valence-electron chi connectivity index (χ0n) is 7.28. The van der Waals surface area contributed by atoms with Crippen molar-refractivity contribution in [2.45, 2.75) is 0 Å². The molecule has 0 unspecified atom stereocenters. The molecule has 0 saturated heterocycles. The summed E-state index contributed by atoms with van der Waals surface area (Å²) in [7, 11) is 0. The SMILES string of the molecule is N=c1nnc2cc([N+](=O)[O-])ccc2n1O. The van der Waals surface area contributed by atoms with Crippen molar-refractivity contribution in [3.63, 3.8) is 0 Å². The van der Waals surface area contributed by atoms with Gasteiger partial charge in [-0.3, -0.25) is 15.5 Å². The Morgan fingerprint density at radius 1 is 1.47 bits per heavy atom. The van der Waals surface area contributed by atoms with E-state index in [1.807, 2.05) is 0 Å². The van der Waals surface area contributed by atoms with Crippen LogP contribution >= 0.6 is 0 Å². The van der Waals surface area contributed by atoms with Gasteiger partial charge in [-0.1, -0.05) is 0 Å². The molecule has 76 valence electrons. The molecule has 0 fully saturated rings. The maximum Gasteiger partial charge on any atom is 0.275 e. The molecule has 15 heavy (non-hydrogen) atoms. The lowest BCUT2D eigenvalue weighted by Gasteiger charge is -2.00. The normalized spacial score (nSPS) is 10.4. The molecule has 0 aliphatic carbocycles. The third kappa shape index (κ3) is 1.37. The summed E-state index contributed by atoms with van der Waals surface area (Å²) in [6.07, 6.45) is 0. The van der Waals surface area contributed by atoms with E-state index < -0.39 is 10.5 Å². The fourth-order valence-corrected chi connectivity index (χ4v) is 1.14. The molecule has 2 N–H and O–H groups in total. The summed E-state index contributed by atoms with van der Waals surface area (Å²) in [6.45, 7) is 0. The van der Waals surface area contributed by atoms with Crippen molar-refractivity contribution < 1.29 is 10.1 Å². The molecule has 2 aromatic rings. The van der Waals surface area contributed by atoms with Gasteiger partial charge in [0.2, 0.25) is 0 Å². The predicted octanol–water partition coefficient (Wildman–Crippen LogP) is 0.0563. The second-order valence-electron chi connectivity index (χ2n) is 2.77. The van der Waals surface area contributed by atoms with E-state index in [1.165, 1.54) is 18.2 Å². The van der Waals surface area contributed by atoms with E-state index in [-0.39, 0.29) is 16.7 Å². The van der Waals surface area contributed by atoms with Crippen LogP contribution in [-0.2, 0) is 0 Å². The van der Waals surface area contributed by atoms with Gasteiger partial charge in [0.1, 0.15) is 11.0 Å². The number of nitro groups is 1. The molecule has 1 aromatic carbocycles. The Balaban J connectivity index is 2.81. The predicted molar refractivity (Wildman–Crippen MR) is 47.2 cm³/mol. The highest BCUT2D eigenvalue weighted by molar-refractivity contribution is 5.76. The molecule has 1 aromatic heterocycles. The summed E-state index contributed by atoms with van der Waals surface area (Å²) < 4.78 is 0.506. The molecule has 2 rings (SSSR count). The molecular weight excluding hydrogens is 202 g/mol. The van der Waals surface area contributed by atoms with Gasteiger partial charge >= 0.3 is 0 Å². The summed E-state index contributed by atoms with van der Waals surface area (Å²) >= 11 is 0. The van der Waals surface area contributed by atoms with Crippen molar-refractivity contribution >= 4 is 16.7 Å². The van der Waals surface area contributed by atoms with Gasteiger partial charge in [-0.25, -0.2) is 0 Å². The quantitative estimate of drug-likeness (QED) is 0.389. The highest BCUT2D eigenvalue weighted by atomic mass is 16.6. The first-order valence-electron chi connectivity index (χ1n) is 3.87. The van der Waals surface area contributed by atoms with Crippen molar-refractivity contribution in [2.24, 2.45) is 0 Å². The lowest BCUT2D eigenvalue weighted by Crippen LogP contribution is -2.22. The summed E-state index contributed by atoms with van der Waals surface area (Å²) in [6, 6.07) is 3.70. The van der Waals surface area contributed by atoms with Crippen LogP contribution in [-0.4, -0.2) is 25.1 Å². The molecule has 0 radical (unpaired) electrons. The molecule has 0 amide bonds. The lowest BCUT2D eigenvalue weighted by atomic mass is 10.3. The van der Waals surface area contributed by atoms with Gasteiger partial charge in [0.25, 0.3) is 11.3 Å². The summed E-state index contributed by atoms with van der Waals surface area (Å²) in [5, 5.41) is 33.8. The monoisotopic (exact) mass is 207 g/mol. The van der Waals surface area contributed by atoms with E-state index in [1.54, 1.807) is 0 Å². The van der Waals surface area contributed by atoms with Crippen molar-refractivity contribution in [2.75, 3.05) is 0 Å². The van der Waals surface area contributed by atoms with E-state index >= 15 is 0 Å². The first-order chi connectivity index (χ1) is 7.09. The zero-order valence-corrected chi connectivity index (χ0v) is 7.28. The Hall–Kier alpha value is -2.51. The zero-order chi connectivity index (χ0) is 11.0. The molecule has 8 heteroatoms. The third-order valence-electron chi connectivity index (χ3n) is 1.85.